The van der Waals surface area contributed by atoms with Gasteiger partial charge in [-0.25, -0.2) is 17.9 Å². The summed E-state index contributed by atoms with van der Waals surface area (Å²) in [5.74, 6) is -0.901. The van der Waals surface area contributed by atoms with Crippen molar-refractivity contribution in [1.82, 2.24) is 23.9 Å². The number of Topliss-reactive ketones (excluding diaryl/α,β-unsaturated/α-hetero) is 1. The minimum atomic E-state index is -4.11. The van der Waals surface area contributed by atoms with E-state index in [-0.39, 0.29) is 47.5 Å². The molecule has 1 saturated carbocycles. The summed E-state index contributed by atoms with van der Waals surface area (Å²) < 4.78 is 40.4. The summed E-state index contributed by atoms with van der Waals surface area (Å²) >= 11 is 0. The lowest BCUT2D eigenvalue weighted by Gasteiger charge is -2.29. The van der Waals surface area contributed by atoms with Crippen LogP contribution in [0.4, 0.5) is 0 Å². The van der Waals surface area contributed by atoms with E-state index in [1.54, 1.807) is 18.4 Å². The number of hydrogen-bond acceptors (Lipinski definition) is 9. The highest BCUT2D eigenvalue weighted by Crippen LogP contribution is 2.35. The van der Waals surface area contributed by atoms with Crippen molar-refractivity contribution < 1.29 is 27.5 Å². The lowest BCUT2D eigenvalue weighted by Crippen LogP contribution is -2.47. The number of nitrogens with one attached hydrogen (secondary N) is 1. The molecule has 208 valence electrons. The highest BCUT2D eigenvalue weighted by atomic mass is 32.2. The van der Waals surface area contributed by atoms with Crippen molar-refractivity contribution in [3.05, 3.63) is 40.1 Å². The van der Waals surface area contributed by atoms with E-state index < -0.39 is 21.9 Å². The Balaban J connectivity index is 1.60. The lowest BCUT2D eigenvalue weighted by atomic mass is 9.98. The number of carbonyl (C=O) groups excluding carboxylic acids is 2. The number of sulfonamides is 1. The molecule has 3 aromatic rings. The van der Waals surface area contributed by atoms with Gasteiger partial charge in [-0.15, -0.1) is 5.10 Å². The van der Waals surface area contributed by atoms with Crippen LogP contribution in [0.25, 0.3) is 16.9 Å². The molecule has 2 aromatic heterocycles. The van der Waals surface area contributed by atoms with Crippen molar-refractivity contribution in [3.63, 3.8) is 0 Å². The van der Waals surface area contributed by atoms with Crippen molar-refractivity contribution >= 4 is 27.3 Å². The average molecular weight is 558 g/mol. The minimum Gasteiger partial charge on any atom is -0.493 e. The van der Waals surface area contributed by atoms with Crippen LogP contribution in [0.15, 0.2) is 27.9 Å². The second kappa shape index (κ2) is 10.5. The highest BCUT2D eigenvalue weighted by molar-refractivity contribution is 7.89. The molecular weight excluding hydrogens is 526 g/mol. The largest absolute Gasteiger partial charge is 0.493 e. The van der Waals surface area contributed by atoms with Gasteiger partial charge in [0.15, 0.2) is 11.3 Å². The number of aromatic amines is 1. The third-order valence-electron chi connectivity index (χ3n) is 7.43. The summed E-state index contributed by atoms with van der Waals surface area (Å²) in [6.45, 7) is 3.50. The van der Waals surface area contributed by atoms with Gasteiger partial charge in [-0.3, -0.25) is 14.4 Å². The van der Waals surface area contributed by atoms with Gasteiger partial charge in [0.05, 0.1) is 29.9 Å². The van der Waals surface area contributed by atoms with Crippen LogP contribution in [0.2, 0.25) is 0 Å². The Morgan fingerprint density at radius 2 is 1.95 bits per heavy atom. The monoisotopic (exact) mass is 557 g/mol. The number of piperidine rings is 1. The molecule has 0 bridgehead atoms. The second-order valence-corrected chi connectivity index (χ2v) is 11.8. The van der Waals surface area contributed by atoms with Gasteiger partial charge in [0.2, 0.25) is 10.0 Å². The predicted octanol–water partition coefficient (Wildman–Crippen LogP) is 2.20. The van der Waals surface area contributed by atoms with Gasteiger partial charge < -0.3 is 14.5 Å². The number of rotatable bonds is 7. The number of carbonyl (C=O) groups is 2. The van der Waals surface area contributed by atoms with Gasteiger partial charge in [0, 0.05) is 25.4 Å². The molecule has 2 fully saturated rings. The number of methoxy groups -OCH3 is 1. The quantitative estimate of drug-likeness (QED) is 0.340. The Hall–Kier alpha value is -3.58. The first kappa shape index (κ1) is 27.0. The number of fused-ring (bicyclic) bond motifs is 1. The van der Waals surface area contributed by atoms with Gasteiger partial charge in [-0.2, -0.15) is 4.31 Å². The van der Waals surface area contributed by atoms with Gasteiger partial charge in [-0.05, 0) is 44.9 Å². The normalized spacial score (nSPS) is 19.1. The molecule has 1 saturated heterocycles. The van der Waals surface area contributed by atoms with Crippen molar-refractivity contribution in [3.8, 4) is 17.1 Å². The number of imidazole rings is 1. The Morgan fingerprint density at radius 1 is 1.21 bits per heavy atom. The molecule has 0 amide bonds. The molecule has 0 radical (unpaired) electrons. The number of ketones is 1. The molecule has 1 aromatic carbocycles. The molecule has 1 atom stereocenters. The van der Waals surface area contributed by atoms with E-state index in [2.05, 4.69) is 9.97 Å². The van der Waals surface area contributed by atoms with E-state index in [9.17, 15) is 22.8 Å². The van der Waals surface area contributed by atoms with E-state index in [0.29, 0.717) is 29.1 Å². The first-order valence-electron chi connectivity index (χ1n) is 13.0. The fourth-order valence-electron chi connectivity index (χ4n) is 5.42. The third-order valence-corrected chi connectivity index (χ3v) is 9.29. The van der Waals surface area contributed by atoms with E-state index >= 15 is 0 Å². The number of ether oxygens (including phenoxy) is 2. The van der Waals surface area contributed by atoms with Gasteiger partial charge in [0.25, 0.3) is 5.56 Å². The van der Waals surface area contributed by atoms with Crippen LogP contribution in [-0.4, -0.2) is 70.9 Å². The molecule has 0 spiro atoms. The Kier molecular flexibility index (Phi) is 7.29. The first-order valence-corrected chi connectivity index (χ1v) is 14.5. The van der Waals surface area contributed by atoms with Gasteiger partial charge in [-0.1, -0.05) is 12.8 Å². The number of nitrogens with zero attached hydrogens (tertiary/aromatic N) is 4. The van der Waals surface area contributed by atoms with E-state index in [1.807, 2.05) is 0 Å². The molecule has 1 aliphatic carbocycles. The molecule has 1 unspecified atom stereocenters. The molecule has 12 nitrogen and oxygen atoms in total. The fourth-order valence-corrected chi connectivity index (χ4v) is 6.90. The minimum absolute atomic E-state index is 0.0582. The zero-order valence-electron chi connectivity index (χ0n) is 22.1. The molecular formula is C26H31N5O7S. The van der Waals surface area contributed by atoms with Crippen LogP contribution in [0.1, 0.15) is 56.5 Å². The summed E-state index contributed by atoms with van der Waals surface area (Å²) in [6.07, 6.45) is 4.00. The Bertz CT molecular complexity index is 1600. The smallest absolute Gasteiger partial charge is 0.317 e. The standard InChI is InChI=1S/C26H31N5O7S/c1-4-38-21-10-9-17(39(35,36)30-12-11-20(32)19(14-30)26(34)37-3)13-18(21)23-28-25(33)22-15(2)27-24(31(22)29-23)16-7-5-6-8-16/h9-10,13,16,19H,4-8,11-12,14H2,1-3H3,(H,28,29,33). The highest BCUT2D eigenvalue weighted by Gasteiger charge is 2.39. The van der Waals surface area contributed by atoms with Crippen LogP contribution in [-0.2, 0) is 24.3 Å². The summed E-state index contributed by atoms with van der Waals surface area (Å²) in [6, 6.07) is 4.31. The summed E-state index contributed by atoms with van der Waals surface area (Å²) in [5, 5.41) is 4.71. The number of aromatic nitrogens is 4. The lowest BCUT2D eigenvalue weighted by molar-refractivity contribution is -0.150. The molecule has 39 heavy (non-hydrogen) atoms. The van der Waals surface area contributed by atoms with Crippen LogP contribution in [0, 0.1) is 12.8 Å². The molecule has 2 aliphatic rings. The van der Waals surface area contributed by atoms with Crippen molar-refractivity contribution in [1.29, 1.82) is 0 Å². The van der Waals surface area contributed by atoms with Gasteiger partial charge in [0.1, 0.15) is 23.3 Å². The van der Waals surface area contributed by atoms with E-state index in [1.165, 1.54) is 18.2 Å². The molecule has 3 heterocycles. The maximum absolute atomic E-state index is 13.6. The average Bonchev–Trinajstić information content (AvgIpc) is 3.57. The molecule has 5 rings (SSSR count). The van der Waals surface area contributed by atoms with Crippen molar-refractivity contribution in [2.24, 2.45) is 5.92 Å². The molecule has 1 aliphatic heterocycles. The van der Waals surface area contributed by atoms with Crippen molar-refractivity contribution in [2.75, 3.05) is 26.8 Å². The number of aryl methyl sites for hydroxylation is 1. The molecule has 13 heteroatoms. The fraction of sp³-hybridized carbons (Fsp3) is 0.500. The van der Waals surface area contributed by atoms with Gasteiger partial charge >= 0.3 is 5.97 Å². The van der Waals surface area contributed by atoms with E-state index in [4.69, 9.17) is 14.6 Å². The zero-order valence-corrected chi connectivity index (χ0v) is 22.9. The van der Waals surface area contributed by atoms with Crippen LogP contribution >= 0.6 is 0 Å². The SMILES string of the molecule is CCOc1ccc(S(=O)(=O)N2CCC(=O)C(C(=O)OC)C2)cc1-c1nn2c(C3CCCC3)nc(C)c2c(=O)[nH]1. The number of esters is 1. The summed E-state index contributed by atoms with van der Waals surface area (Å²) in [5.41, 5.74) is 0.839. The van der Waals surface area contributed by atoms with E-state index in [0.717, 1.165) is 42.9 Å². The van der Waals surface area contributed by atoms with Crippen LogP contribution in [0.3, 0.4) is 0 Å². The number of H-pyrrole nitrogens is 1. The Morgan fingerprint density at radius 3 is 2.64 bits per heavy atom. The molecule has 1 N–H and O–H groups in total. The topological polar surface area (TPSA) is 153 Å². The maximum Gasteiger partial charge on any atom is 0.317 e. The zero-order chi connectivity index (χ0) is 27.9. The third kappa shape index (κ3) is 4.84. The number of benzene rings is 1. The van der Waals surface area contributed by atoms with Crippen LogP contribution < -0.4 is 10.3 Å². The van der Waals surface area contributed by atoms with Crippen molar-refractivity contribution in [2.45, 2.75) is 56.8 Å². The summed E-state index contributed by atoms with van der Waals surface area (Å²) in [7, 11) is -2.95. The Labute approximate surface area is 225 Å². The maximum atomic E-state index is 13.6. The first-order chi connectivity index (χ1) is 18.6. The number of hydrogen-bond donors (Lipinski definition) is 1. The second-order valence-electron chi connectivity index (χ2n) is 9.85. The summed E-state index contributed by atoms with van der Waals surface area (Å²) in [4.78, 5) is 44.8. The van der Waals surface area contributed by atoms with Crippen LogP contribution in [0.5, 0.6) is 5.75 Å². The predicted molar refractivity (Wildman–Crippen MR) is 140 cm³/mol.